The molecule has 3 heterocycles. The third-order valence-electron chi connectivity index (χ3n) is 4.34. The average Bonchev–Trinajstić information content (AvgIpc) is 3.26. The first-order valence-electron chi connectivity index (χ1n) is 7.60. The van der Waals surface area contributed by atoms with Crippen LogP contribution in [0.5, 0.6) is 11.5 Å². The maximum Gasteiger partial charge on any atom is 0.231 e. The van der Waals surface area contributed by atoms with Crippen LogP contribution in [-0.2, 0) is 11.8 Å². The second kappa shape index (κ2) is 5.58. The molecule has 0 bridgehead atoms. The van der Waals surface area contributed by atoms with Crippen LogP contribution in [0.2, 0.25) is 0 Å². The number of amides is 1. The van der Waals surface area contributed by atoms with E-state index < -0.39 is 0 Å². The van der Waals surface area contributed by atoms with E-state index >= 15 is 0 Å². The van der Waals surface area contributed by atoms with Crippen LogP contribution in [0.25, 0.3) is 0 Å². The molecule has 2 atom stereocenters. The Labute approximate surface area is 133 Å². The highest BCUT2D eigenvalue weighted by atomic mass is 16.7. The summed E-state index contributed by atoms with van der Waals surface area (Å²) in [4.78, 5) is 12.7. The van der Waals surface area contributed by atoms with Crippen LogP contribution in [-0.4, -0.2) is 35.6 Å². The van der Waals surface area contributed by atoms with E-state index in [0.717, 1.165) is 17.8 Å². The lowest BCUT2D eigenvalue weighted by Crippen LogP contribution is -2.28. The predicted molar refractivity (Wildman–Crippen MR) is 83.5 cm³/mol. The van der Waals surface area contributed by atoms with Crippen molar-refractivity contribution in [1.82, 2.24) is 15.1 Å². The second-order valence-electron chi connectivity index (χ2n) is 5.88. The van der Waals surface area contributed by atoms with Crippen molar-refractivity contribution in [3.63, 3.8) is 0 Å². The zero-order chi connectivity index (χ0) is 15.8. The summed E-state index contributed by atoms with van der Waals surface area (Å²) in [6, 6.07) is 5.43. The Morgan fingerprint density at radius 2 is 2.22 bits per heavy atom. The summed E-state index contributed by atoms with van der Waals surface area (Å²) < 4.78 is 12.4. The fourth-order valence-corrected chi connectivity index (χ4v) is 3.15. The molecule has 1 amide bonds. The summed E-state index contributed by atoms with van der Waals surface area (Å²) in [5.74, 6) is 1.39. The van der Waals surface area contributed by atoms with Gasteiger partial charge in [-0.15, -0.1) is 0 Å². The molecular weight excluding hydrogens is 296 g/mol. The Bertz CT molecular complexity index is 743. The van der Waals surface area contributed by atoms with Crippen LogP contribution in [0.4, 0.5) is 5.69 Å². The maximum absolute atomic E-state index is 12.7. The van der Waals surface area contributed by atoms with Gasteiger partial charge in [-0.1, -0.05) is 0 Å². The summed E-state index contributed by atoms with van der Waals surface area (Å²) in [6.07, 6.45) is 3.80. The first kappa shape index (κ1) is 14.1. The summed E-state index contributed by atoms with van der Waals surface area (Å²) in [5.41, 5.74) is 1.81. The molecule has 2 aromatic rings. The monoisotopic (exact) mass is 314 g/mol. The topological polar surface area (TPSA) is 77.4 Å². The number of rotatable bonds is 3. The number of hydrogen-bond acceptors (Lipinski definition) is 5. The van der Waals surface area contributed by atoms with E-state index in [1.807, 2.05) is 31.6 Å². The first-order valence-corrected chi connectivity index (χ1v) is 7.60. The molecule has 0 aliphatic carbocycles. The van der Waals surface area contributed by atoms with Gasteiger partial charge in [0.25, 0.3) is 0 Å². The minimum atomic E-state index is -0.121. The normalized spacial score (nSPS) is 22.3. The van der Waals surface area contributed by atoms with Crippen LogP contribution < -0.4 is 20.1 Å². The van der Waals surface area contributed by atoms with E-state index in [-0.39, 0.29) is 24.5 Å². The van der Waals surface area contributed by atoms with E-state index in [1.54, 1.807) is 10.7 Å². The molecule has 4 rings (SSSR count). The summed E-state index contributed by atoms with van der Waals surface area (Å²) >= 11 is 0. The van der Waals surface area contributed by atoms with E-state index in [0.29, 0.717) is 18.0 Å². The van der Waals surface area contributed by atoms with E-state index in [4.69, 9.17) is 9.47 Å². The fraction of sp³-hybridized carbons (Fsp3) is 0.375. The standard InChI is InChI=1S/C16H18N4O3/c1-20-8-10(5-18-20)12-6-17-7-13(12)16(21)19-11-2-3-14-15(4-11)23-9-22-14/h2-5,8,12-13,17H,6-7,9H2,1H3,(H,19,21)/t12-,13+/m1/s1. The number of nitrogens with zero attached hydrogens (tertiary/aromatic N) is 2. The third-order valence-corrected chi connectivity index (χ3v) is 4.34. The third kappa shape index (κ3) is 2.63. The zero-order valence-electron chi connectivity index (χ0n) is 12.8. The SMILES string of the molecule is Cn1cc([C@H]2CNC[C@@H]2C(=O)Nc2ccc3c(c2)OCO3)cn1. The van der Waals surface area contributed by atoms with Crippen molar-refractivity contribution in [2.24, 2.45) is 13.0 Å². The fourth-order valence-electron chi connectivity index (χ4n) is 3.15. The molecular formula is C16H18N4O3. The molecule has 1 fully saturated rings. The Kier molecular flexibility index (Phi) is 3.42. The van der Waals surface area contributed by atoms with Crippen LogP contribution in [0.15, 0.2) is 30.6 Å². The van der Waals surface area contributed by atoms with Crippen LogP contribution in [0.3, 0.4) is 0 Å². The molecule has 0 spiro atoms. The molecule has 1 aromatic heterocycles. The van der Waals surface area contributed by atoms with Crippen molar-refractivity contribution in [2.45, 2.75) is 5.92 Å². The smallest absolute Gasteiger partial charge is 0.231 e. The molecule has 120 valence electrons. The number of ether oxygens (including phenoxy) is 2. The predicted octanol–water partition coefficient (Wildman–Crippen LogP) is 1.09. The quantitative estimate of drug-likeness (QED) is 0.887. The van der Waals surface area contributed by atoms with E-state index in [9.17, 15) is 4.79 Å². The Morgan fingerprint density at radius 1 is 1.35 bits per heavy atom. The highest BCUT2D eigenvalue weighted by Gasteiger charge is 2.34. The highest BCUT2D eigenvalue weighted by Crippen LogP contribution is 2.35. The molecule has 0 radical (unpaired) electrons. The molecule has 7 heteroatoms. The van der Waals surface area contributed by atoms with Crippen molar-refractivity contribution in [3.8, 4) is 11.5 Å². The summed E-state index contributed by atoms with van der Waals surface area (Å²) in [6.45, 7) is 1.67. The number of fused-ring (bicyclic) bond motifs is 1. The van der Waals surface area contributed by atoms with Gasteiger partial charge in [-0.05, 0) is 17.7 Å². The minimum Gasteiger partial charge on any atom is -0.454 e. The molecule has 1 aromatic carbocycles. The number of aromatic nitrogens is 2. The number of nitrogens with one attached hydrogen (secondary N) is 2. The van der Waals surface area contributed by atoms with Crippen molar-refractivity contribution < 1.29 is 14.3 Å². The van der Waals surface area contributed by atoms with Crippen LogP contribution in [0.1, 0.15) is 11.5 Å². The molecule has 2 N–H and O–H groups in total. The molecule has 23 heavy (non-hydrogen) atoms. The first-order chi connectivity index (χ1) is 11.2. The van der Waals surface area contributed by atoms with Gasteiger partial charge >= 0.3 is 0 Å². The maximum atomic E-state index is 12.7. The van der Waals surface area contributed by atoms with Gasteiger partial charge in [0.2, 0.25) is 12.7 Å². The van der Waals surface area contributed by atoms with Gasteiger partial charge < -0.3 is 20.1 Å². The number of benzene rings is 1. The number of hydrogen-bond donors (Lipinski definition) is 2. The average molecular weight is 314 g/mol. The lowest BCUT2D eigenvalue weighted by molar-refractivity contribution is -0.119. The highest BCUT2D eigenvalue weighted by molar-refractivity contribution is 5.94. The minimum absolute atomic E-state index is 0.00252. The van der Waals surface area contributed by atoms with Crippen molar-refractivity contribution in [1.29, 1.82) is 0 Å². The molecule has 7 nitrogen and oxygen atoms in total. The lowest BCUT2D eigenvalue weighted by atomic mass is 9.90. The van der Waals surface area contributed by atoms with Crippen LogP contribution >= 0.6 is 0 Å². The number of carbonyl (C=O) groups is 1. The molecule has 1 saturated heterocycles. The van der Waals surface area contributed by atoms with Crippen molar-refractivity contribution in [2.75, 3.05) is 25.2 Å². The van der Waals surface area contributed by atoms with Gasteiger partial charge in [-0.2, -0.15) is 5.10 Å². The van der Waals surface area contributed by atoms with Gasteiger partial charge in [-0.3, -0.25) is 9.48 Å². The van der Waals surface area contributed by atoms with E-state index in [2.05, 4.69) is 15.7 Å². The Morgan fingerprint density at radius 3 is 3.04 bits per heavy atom. The Balaban J connectivity index is 1.50. The van der Waals surface area contributed by atoms with Crippen molar-refractivity contribution in [3.05, 3.63) is 36.2 Å². The Hall–Kier alpha value is -2.54. The van der Waals surface area contributed by atoms with Crippen LogP contribution in [0, 0.1) is 5.92 Å². The molecule has 0 saturated carbocycles. The number of anilines is 1. The van der Waals surface area contributed by atoms with Gasteiger partial charge in [-0.25, -0.2) is 0 Å². The van der Waals surface area contributed by atoms with Gasteiger partial charge in [0.05, 0.1) is 12.1 Å². The number of carbonyl (C=O) groups excluding carboxylic acids is 1. The largest absolute Gasteiger partial charge is 0.454 e. The van der Waals surface area contributed by atoms with E-state index in [1.165, 1.54) is 0 Å². The number of aryl methyl sites for hydroxylation is 1. The van der Waals surface area contributed by atoms with Crippen molar-refractivity contribution >= 4 is 11.6 Å². The molecule has 2 aliphatic heterocycles. The second-order valence-corrected chi connectivity index (χ2v) is 5.88. The van der Waals surface area contributed by atoms with Gasteiger partial charge in [0.15, 0.2) is 11.5 Å². The summed E-state index contributed by atoms with van der Waals surface area (Å²) in [7, 11) is 1.88. The zero-order valence-corrected chi connectivity index (χ0v) is 12.8. The van der Waals surface area contributed by atoms with Gasteiger partial charge in [0.1, 0.15) is 0 Å². The molecule has 0 unspecified atom stereocenters. The summed E-state index contributed by atoms with van der Waals surface area (Å²) in [5, 5.41) is 10.5. The lowest BCUT2D eigenvalue weighted by Gasteiger charge is -2.17. The van der Waals surface area contributed by atoms with Gasteiger partial charge in [0, 0.05) is 44.0 Å². The molecule has 2 aliphatic rings.